The van der Waals surface area contributed by atoms with Crippen molar-refractivity contribution < 1.29 is 13.3 Å². The molecule has 0 saturated heterocycles. The lowest BCUT2D eigenvalue weighted by atomic mass is 10.3. The Morgan fingerprint density at radius 2 is 2.12 bits per heavy atom. The Bertz CT molecular complexity index is 494. The van der Waals surface area contributed by atoms with Crippen molar-refractivity contribution in [2.45, 2.75) is 42.9 Å². The van der Waals surface area contributed by atoms with E-state index in [1.54, 1.807) is 6.92 Å². The maximum Gasteiger partial charge on any atom is 0.273 e. The highest BCUT2D eigenvalue weighted by atomic mass is 35.5. The number of halogens is 1. The van der Waals surface area contributed by atoms with E-state index in [-0.39, 0.29) is 14.8 Å². The van der Waals surface area contributed by atoms with Gasteiger partial charge in [0.1, 0.15) is 0 Å². The van der Waals surface area contributed by atoms with Crippen LogP contribution in [0.3, 0.4) is 0 Å². The van der Waals surface area contributed by atoms with E-state index < -0.39 is 10.0 Å². The van der Waals surface area contributed by atoms with Gasteiger partial charge in [0.05, 0.1) is 11.8 Å². The second-order valence-electron chi connectivity index (χ2n) is 3.95. The van der Waals surface area contributed by atoms with Gasteiger partial charge in [-0.2, -0.15) is 0 Å². The van der Waals surface area contributed by atoms with E-state index in [1.807, 2.05) is 0 Å². The first-order valence-electron chi connectivity index (χ1n) is 5.29. The molecule has 8 heteroatoms. The summed E-state index contributed by atoms with van der Waals surface area (Å²) in [5.41, 5.74) is 0.391. The van der Waals surface area contributed by atoms with Crippen LogP contribution in [0.25, 0.3) is 0 Å². The maximum atomic E-state index is 11.9. The van der Waals surface area contributed by atoms with Crippen LogP contribution in [0, 0.1) is 6.92 Å². The molecule has 17 heavy (non-hydrogen) atoms. The molecule has 0 amide bonds. The Labute approximate surface area is 109 Å². The van der Waals surface area contributed by atoms with E-state index in [4.69, 9.17) is 16.4 Å². The van der Waals surface area contributed by atoms with Gasteiger partial charge in [-0.05, 0) is 19.8 Å². The lowest BCUT2D eigenvalue weighted by Crippen LogP contribution is -2.28. The average molecular weight is 297 g/mol. The lowest BCUT2D eigenvalue weighted by Gasteiger charge is -2.11. The van der Waals surface area contributed by atoms with Gasteiger partial charge in [-0.3, -0.25) is 4.84 Å². The Balaban J connectivity index is 2.05. The van der Waals surface area contributed by atoms with Crippen molar-refractivity contribution in [3.8, 4) is 0 Å². The molecule has 2 rings (SSSR count). The molecule has 1 heterocycles. The lowest BCUT2D eigenvalue weighted by molar-refractivity contribution is 0.0224. The summed E-state index contributed by atoms with van der Waals surface area (Å²) in [5, 5.41) is 0. The predicted octanol–water partition coefficient (Wildman–Crippen LogP) is 2.26. The summed E-state index contributed by atoms with van der Waals surface area (Å²) < 4.78 is 24.1. The molecule has 1 aromatic heterocycles. The van der Waals surface area contributed by atoms with E-state index in [9.17, 15) is 8.42 Å². The van der Waals surface area contributed by atoms with E-state index in [2.05, 4.69) is 9.87 Å². The van der Waals surface area contributed by atoms with Crippen LogP contribution in [0.1, 0.15) is 31.4 Å². The Kier molecular flexibility index (Phi) is 4.04. The first-order chi connectivity index (χ1) is 7.99. The normalized spacial score (nSPS) is 17.8. The molecule has 1 saturated carbocycles. The van der Waals surface area contributed by atoms with Crippen molar-refractivity contribution in [2.24, 2.45) is 0 Å². The monoisotopic (exact) mass is 296 g/mol. The molecule has 1 aliphatic carbocycles. The van der Waals surface area contributed by atoms with Crippen molar-refractivity contribution in [2.75, 3.05) is 0 Å². The Morgan fingerprint density at radius 1 is 1.47 bits per heavy atom. The van der Waals surface area contributed by atoms with Gasteiger partial charge in [-0.25, -0.2) is 13.4 Å². The summed E-state index contributed by atoms with van der Waals surface area (Å²) in [6.45, 7) is 1.60. The molecule has 1 aliphatic rings. The smallest absolute Gasteiger partial charge is 0.273 e. The van der Waals surface area contributed by atoms with Crippen molar-refractivity contribution in [1.82, 2.24) is 9.87 Å². The number of nitrogens with one attached hydrogen (secondary N) is 1. The average Bonchev–Trinajstić information content (AvgIpc) is 2.85. The van der Waals surface area contributed by atoms with Gasteiger partial charge in [0, 0.05) is 0 Å². The van der Waals surface area contributed by atoms with Gasteiger partial charge in [-0.15, -0.1) is 0 Å². The summed E-state index contributed by atoms with van der Waals surface area (Å²) in [4.78, 5) is 11.2. The summed E-state index contributed by atoms with van der Waals surface area (Å²) in [7, 11) is -3.66. The predicted molar refractivity (Wildman–Crippen MR) is 65.5 cm³/mol. The SMILES string of the molecule is Cc1nc(Cl)sc1S(=O)(=O)NOC1CCCC1. The summed E-state index contributed by atoms with van der Waals surface area (Å²) in [6, 6.07) is 0. The van der Waals surface area contributed by atoms with E-state index in [1.165, 1.54) is 0 Å². The second kappa shape index (κ2) is 5.19. The zero-order chi connectivity index (χ0) is 12.5. The highest BCUT2D eigenvalue weighted by molar-refractivity contribution is 7.91. The Hall–Kier alpha value is -0.210. The highest BCUT2D eigenvalue weighted by Crippen LogP contribution is 2.27. The molecule has 0 unspecified atom stereocenters. The van der Waals surface area contributed by atoms with Gasteiger partial charge in [0.15, 0.2) is 8.68 Å². The summed E-state index contributed by atoms with van der Waals surface area (Å²) >= 11 is 6.60. The van der Waals surface area contributed by atoms with Crippen LogP contribution in [0.5, 0.6) is 0 Å². The molecule has 0 spiro atoms. The molecule has 96 valence electrons. The fourth-order valence-electron chi connectivity index (χ4n) is 1.78. The number of sulfonamides is 1. The highest BCUT2D eigenvalue weighted by Gasteiger charge is 2.24. The van der Waals surface area contributed by atoms with Crippen LogP contribution < -0.4 is 4.89 Å². The minimum Gasteiger partial charge on any atom is -0.284 e. The number of aromatic nitrogens is 1. The fourth-order valence-corrected chi connectivity index (χ4v) is 4.35. The molecule has 0 bridgehead atoms. The molecule has 0 aromatic carbocycles. The van der Waals surface area contributed by atoms with Crippen molar-refractivity contribution in [1.29, 1.82) is 0 Å². The Morgan fingerprint density at radius 3 is 2.65 bits per heavy atom. The molecule has 5 nitrogen and oxygen atoms in total. The van der Waals surface area contributed by atoms with E-state index in [0.717, 1.165) is 37.0 Å². The second-order valence-corrected chi connectivity index (χ2v) is 7.37. The standard InChI is InChI=1S/C9H13ClN2O3S2/c1-6-8(16-9(10)11-6)17(13,14)12-15-7-4-2-3-5-7/h7,12H,2-5H2,1H3. The van der Waals surface area contributed by atoms with E-state index >= 15 is 0 Å². The number of hydrogen-bond donors (Lipinski definition) is 1. The molecule has 1 fully saturated rings. The zero-order valence-electron chi connectivity index (χ0n) is 9.27. The van der Waals surface area contributed by atoms with Crippen molar-refractivity contribution in [3.63, 3.8) is 0 Å². The third kappa shape index (κ3) is 3.17. The summed E-state index contributed by atoms with van der Waals surface area (Å²) in [5.74, 6) is 0. The molecule has 1 aromatic rings. The third-order valence-electron chi connectivity index (χ3n) is 2.60. The number of nitrogens with zero attached hydrogens (tertiary/aromatic N) is 1. The number of thiazole rings is 1. The molecule has 1 N–H and O–H groups in total. The van der Waals surface area contributed by atoms with Crippen LogP contribution in [0.4, 0.5) is 0 Å². The molecular weight excluding hydrogens is 284 g/mol. The zero-order valence-corrected chi connectivity index (χ0v) is 11.7. The van der Waals surface area contributed by atoms with Gasteiger partial charge in [0.2, 0.25) is 0 Å². The number of aryl methyl sites for hydroxylation is 1. The van der Waals surface area contributed by atoms with Crippen LogP contribution in [0.2, 0.25) is 4.47 Å². The summed E-state index contributed by atoms with van der Waals surface area (Å²) in [6.07, 6.45) is 3.93. The van der Waals surface area contributed by atoms with Crippen LogP contribution >= 0.6 is 22.9 Å². The fraction of sp³-hybridized carbons (Fsp3) is 0.667. The third-order valence-corrected chi connectivity index (χ3v) is 5.66. The molecule has 0 radical (unpaired) electrons. The maximum absolute atomic E-state index is 11.9. The van der Waals surface area contributed by atoms with Crippen LogP contribution in [0.15, 0.2) is 4.21 Å². The van der Waals surface area contributed by atoms with Gasteiger partial charge >= 0.3 is 0 Å². The number of hydrogen-bond acceptors (Lipinski definition) is 5. The largest absolute Gasteiger partial charge is 0.284 e. The first-order valence-corrected chi connectivity index (χ1v) is 7.97. The topological polar surface area (TPSA) is 68.3 Å². The van der Waals surface area contributed by atoms with Crippen LogP contribution in [-0.4, -0.2) is 19.5 Å². The molecule has 0 atom stereocenters. The van der Waals surface area contributed by atoms with Crippen molar-refractivity contribution >= 4 is 33.0 Å². The minimum absolute atomic E-state index is 0.0199. The van der Waals surface area contributed by atoms with Gasteiger partial charge < -0.3 is 0 Å². The van der Waals surface area contributed by atoms with Crippen molar-refractivity contribution in [3.05, 3.63) is 10.2 Å². The van der Waals surface area contributed by atoms with E-state index in [0.29, 0.717) is 5.69 Å². The first kappa shape index (κ1) is 13.2. The molecular formula is C9H13ClN2O3S2. The number of rotatable bonds is 4. The van der Waals surface area contributed by atoms with Gasteiger partial charge in [0.25, 0.3) is 10.0 Å². The molecule has 0 aliphatic heterocycles. The quantitative estimate of drug-likeness (QED) is 0.865. The van der Waals surface area contributed by atoms with Gasteiger partial charge in [-0.1, -0.05) is 40.7 Å². The minimum atomic E-state index is -3.66. The van der Waals surface area contributed by atoms with Crippen LogP contribution in [-0.2, 0) is 14.9 Å².